The highest BCUT2D eigenvalue weighted by atomic mass is 35.5. The second-order valence-electron chi connectivity index (χ2n) is 6.54. The number of ketones is 1. The molecule has 30 heavy (non-hydrogen) atoms. The third kappa shape index (κ3) is 3.81. The van der Waals surface area contributed by atoms with Crippen molar-refractivity contribution in [3.63, 3.8) is 0 Å². The number of carbonyl (C=O) groups is 2. The van der Waals surface area contributed by atoms with Crippen LogP contribution in [0.1, 0.15) is 22.0 Å². The maximum absolute atomic E-state index is 13.8. The summed E-state index contributed by atoms with van der Waals surface area (Å²) in [6.07, 6.45) is -5.43. The Hall–Kier alpha value is -3.18. The molecular formula is C18H13ClF3N3O5. The minimum Gasteiger partial charge on any atom is -0.363 e. The zero-order chi connectivity index (χ0) is 22.3. The molecule has 2 amide bonds. The van der Waals surface area contributed by atoms with Crippen molar-refractivity contribution in [2.75, 3.05) is 0 Å². The van der Waals surface area contributed by atoms with Crippen molar-refractivity contribution in [1.29, 1.82) is 0 Å². The van der Waals surface area contributed by atoms with Gasteiger partial charge in [0.05, 0.1) is 11.0 Å². The first-order valence-corrected chi connectivity index (χ1v) is 8.74. The molecule has 3 atom stereocenters. The highest BCUT2D eigenvalue weighted by Crippen LogP contribution is 2.44. The van der Waals surface area contributed by atoms with Gasteiger partial charge in [0.15, 0.2) is 5.78 Å². The van der Waals surface area contributed by atoms with E-state index in [1.807, 2.05) is 0 Å². The fraction of sp³-hybridized carbons (Fsp3) is 0.222. The van der Waals surface area contributed by atoms with Gasteiger partial charge >= 0.3 is 12.2 Å². The van der Waals surface area contributed by atoms with Gasteiger partial charge in [-0.3, -0.25) is 14.9 Å². The molecule has 2 aromatic rings. The average Bonchev–Trinajstić information content (AvgIpc) is 2.66. The number of rotatable bonds is 4. The lowest BCUT2D eigenvalue weighted by Gasteiger charge is -2.45. The van der Waals surface area contributed by atoms with E-state index in [0.717, 1.165) is 12.1 Å². The average molecular weight is 444 g/mol. The van der Waals surface area contributed by atoms with E-state index in [-0.39, 0.29) is 16.1 Å². The fourth-order valence-electron chi connectivity index (χ4n) is 3.24. The molecule has 2 aromatic carbocycles. The summed E-state index contributed by atoms with van der Waals surface area (Å²) < 4.78 is 41.4. The number of carbonyl (C=O) groups excluding carboxylic acids is 2. The summed E-state index contributed by atoms with van der Waals surface area (Å²) in [5.74, 6) is -3.45. The third-order valence-corrected chi connectivity index (χ3v) is 4.91. The van der Waals surface area contributed by atoms with Crippen LogP contribution < -0.4 is 10.6 Å². The minimum absolute atomic E-state index is 0.158. The van der Waals surface area contributed by atoms with Crippen LogP contribution >= 0.6 is 11.6 Å². The summed E-state index contributed by atoms with van der Waals surface area (Å²) in [5.41, 5.74) is -4.76. The van der Waals surface area contributed by atoms with Crippen LogP contribution in [0.25, 0.3) is 0 Å². The van der Waals surface area contributed by atoms with Crippen molar-refractivity contribution in [2.45, 2.75) is 17.9 Å². The zero-order valence-corrected chi connectivity index (χ0v) is 15.6. The molecular weight excluding hydrogens is 431 g/mol. The van der Waals surface area contributed by atoms with E-state index in [1.54, 1.807) is 0 Å². The van der Waals surface area contributed by atoms with Gasteiger partial charge in [0.2, 0.25) is 5.72 Å². The molecule has 0 aromatic heterocycles. The maximum atomic E-state index is 13.8. The van der Waals surface area contributed by atoms with Crippen molar-refractivity contribution in [2.24, 2.45) is 5.92 Å². The standard InChI is InChI=1S/C18H13ClF3N3O5/c19-11-6-4-9(5-7-11)15(26)13-14(10-2-1-3-12(8-10)25(29)30)23-16(27)24-17(13,28)18(20,21)22/h1-8,13-14,28H,(H2,23,24,27)/t13-,14-,17-/m1/s1. The Morgan fingerprint density at radius 3 is 2.40 bits per heavy atom. The molecule has 0 radical (unpaired) electrons. The number of Topliss-reactive ketones (excluding diaryl/α,β-unsaturated/α-hetero) is 1. The molecule has 0 aliphatic carbocycles. The number of urea groups is 1. The van der Waals surface area contributed by atoms with Gasteiger partial charge in [0.25, 0.3) is 5.69 Å². The second-order valence-corrected chi connectivity index (χ2v) is 6.98. The summed E-state index contributed by atoms with van der Waals surface area (Å²) >= 11 is 5.75. The summed E-state index contributed by atoms with van der Waals surface area (Å²) in [6.45, 7) is 0. The normalized spacial score (nSPS) is 24.0. The van der Waals surface area contributed by atoms with Crippen molar-refractivity contribution < 1.29 is 32.8 Å². The maximum Gasteiger partial charge on any atom is 0.437 e. The summed E-state index contributed by atoms with van der Waals surface area (Å²) in [7, 11) is 0. The Labute approximate surface area is 171 Å². The number of alkyl halides is 3. The lowest BCUT2D eigenvalue weighted by atomic mass is 9.77. The van der Waals surface area contributed by atoms with Crippen LogP contribution in [-0.4, -0.2) is 33.7 Å². The highest BCUT2D eigenvalue weighted by molar-refractivity contribution is 6.30. The minimum atomic E-state index is -5.43. The Morgan fingerprint density at radius 2 is 1.83 bits per heavy atom. The second kappa shape index (κ2) is 7.58. The van der Waals surface area contributed by atoms with E-state index in [4.69, 9.17) is 11.6 Å². The molecule has 0 bridgehead atoms. The number of hydrogen-bond donors (Lipinski definition) is 3. The Bertz CT molecular complexity index is 1010. The topological polar surface area (TPSA) is 122 Å². The molecule has 12 heteroatoms. The van der Waals surface area contributed by atoms with Gasteiger partial charge in [0.1, 0.15) is 5.92 Å². The Kier molecular flexibility index (Phi) is 5.44. The van der Waals surface area contributed by atoms with Crippen molar-refractivity contribution in [3.05, 3.63) is 74.8 Å². The van der Waals surface area contributed by atoms with E-state index >= 15 is 0 Å². The SMILES string of the molecule is O=C1N[C@H](c2cccc([N+](=O)[O-])c2)[C@H](C(=O)c2ccc(Cl)cc2)[C@@](O)(C(F)(F)F)N1. The van der Waals surface area contributed by atoms with Gasteiger partial charge in [-0.15, -0.1) is 0 Å². The Balaban J connectivity index is 2.18. The van der Waals surface area contributed by atoms with Crippen LogP contribution in [0.2, 0.25) is 5.02 Å². The van der Waals surface area contributed by atoms with E-state index in [1.165, 1.54) is 41.7 Å². The number of non-ortho nitro benzene ring substituents is 1. The molecule has 158 valence electrons. The molecule has 1 saturated heterocycles. The lowest BCUT2D eigenvalue weighted by molar-refractivity contribution is -0.385. The van der Waals surface area contributed by atoms with Gasteiger partial charge in [0, 0.05) is 22.7 Å². The number of nitrogens with one attached hydrogen (secondary N) is 2. The number of halogens is 4. The summed E-state index contributed by atoms with van der Waals surface area (Å²) in [4.78, 5) is 35.3. The fourth-order valence-corrected chi connectivity index (χ4v) is 3.37. The molecule has 1 heterocycles. The van der Waals surface area contributed by atoms with Crippen LogP contribution in [0, 0.1) is 16.0 Å². The zero-order valence-electron chi connectivity index (χ0n) is 14.8. The number of amides is 2. The number of nitro benzene ring substituents is 1. The first-order chi connectivity index (χ1) is 13.9. The van der Waals surface area contributed by atoms with Gasteiger partial charge in [-0.05, 0) is 29.8 Å². The van der Waals surface area contributed by atoms with Crippen LogP contribution in [0.5, 0.6) is 0 Å². The monoisotopic (exact) mass is 443 g/mol. The number of benzene rings is 2. The molecule has 0 unspecified atom stereocenters. The van der Waals surface area contributed by atoms with Gasteiger partial charge < -0.3 is 15.7 Å². The van der Waals surface area contributed by atoms with E-state index in [2.05, 4.69) is 5.32 Å². The van der Waals surface area contributed by atoms with E-state index in [0.29, 0.717) is 0 Å². The number of aliphatic hydroxyl groups is 1. The van der Waals surface area contributed by atoms with Crippen LogP contribution in [-0.2, 0) is 0 Å². The molecule has 1 aliphatic rings. The van der Waals surface area contributed by atoms with Crippen molar-refractivity contribution >= 4 is 29.1 Å². The number of nitro groups is 1. The van der Waals surface area contributed by atoms with Crippen molar-refractivity contribution in [1.82, 2.24) is 10.6 Å². The molecule has 0 saturated carbocycles. The van der Waals surface area contributed by atoms with Gasteiger partial charge in [-0.25, -0.2) is 4.79 Å². The molecule has 3 rings (SSSR count). The predicted octanol–water partition coefficient (Wildman–Crippen LogP) is 3.35. The molecule has 1 fully saturated rings. The smallest absolute Gasteiger partial charge is 0.363 e. The molecule has 3 N–H and O–H groups in total. The summed E-state index contributed by atoms with van der Waals surface area (Å²) in [5, 5.41) is 25.3. The van der Waals surface area contributed by atoms with Crippen LogP contribution in [0.15, 0.2) is 48.5 Å². The molecule has 0 spiro atoms. The first-order valence-electron chi connectivity index (χ1n) is 8.36. The van der Waals surface area contributed by atoms with E-state index in [9.17, 15) is 38.0 Å². The van der Waals surface area contributed by atoms with Gasteiger partial charge in [-0.1, -0.05) is 23.7 Å². The highest BCUT2D eigenvalue weighted by Gasteiger charge is 2.66. The largest absolute Gasteiger partial charge is 0.437 e. The Morgan fingerprint density at radius 1 is 1.20 bits per heavy atom. The number of nitrogens with zero attached hydrogens (tertiary/aromatic N) is 1. The summed E-state index contributed by atoms with van der Waals surface area (Å²) in [6, 6.07) is 6.20. The van der Waals surface area contributed by atoms with Crippen molar-refractivity contribution in [3.8, 4) is 0 Å². The molecule has 1 aliphatic heterocycles. The third-order valence-electron chi connectivity index (χ3n) is 4.66. The molecule has 8 nitrogen and oxygen atoms in total. The van der Waals surface area contributed by atoms with E-state index < -0.39 is 46.3 Å². The van der Waals surface area contributed by atoms with Gasteiger partial charge in [-0.2, -0.15) is 13.2 Å². The van der Waals surface area contributed by atoms with Crippen LogP contribution in [0.4, 0.5) is 23.7 Å². The quantitative estimate of drug-likeness (QED) is 0.380. The predicted molar refractivity (Wildman–Crippen MR) is 97.8 cm³/mol. The number of hydrogen-bond acceptors (Lipinski definition) is 5. The lowest BCUT2D eigenvalue weighted by Crippen LogP contribution is -2.72. The van der Waals surface area contributed by atoms with Crippen LogP contribution in [0.3, 0.4) is 0 Å². The first kappa shape index (κ1) is 21.5.